The maximum atomic E-state index is 5.98. The SMILES string of the molecule is Cc1ccc(C#Cc2nc3cscc3nc2OCCCN2CCCC2)cc1. The predicted octanol–water partition coefficient (Wildman–Crippen LogP) is 4.26. The number of hydrogen-bond acceptors (Lipinski definition) is 5. The summed E-state index contributed by atoms with van der Waals surface area (Å²) in [5, 5.41) is 3.99. The van der Waals surface area contributed by atoms with Crippen molar-refractivity contribution in [3.05, 3.63) is 51.8 Å². The number of aryl methyl sites for hydroxylation is 1. The average molecular weight is 378 g/mol. The molecular weight excluding hydrogens is 354 g/mol. The fraction of sp³-hybridized carbons (Fsp3) is 0.364. The molecule has 0 spiro atoms. The molecule has 3 aromatic rings. The highest BCUT2D eigenvalue weighted by Gasteiger charge is 2.12. The van der Waals surface area contributed by atoms with Gasteiger partial charge in [-0.15, -0.1) is 11.3 Å². The van der Waals surface area contributed by atoms with E-state index < -0.39 is 0 Å². The average Bonchev–Trinajstić information content (AvgIpc) is 3.36. The number of hydrogen-bond donors (Lipinski definition) is 0. The van der Waals surface area contributed by atoms with Gasteiger partial charge in [0.1, 0.15) is 11.0 Å². The highest BCUT2D eigenvalue weighted by molar-refractivity contribution is 7.09. The summed E-state index contributed by atoms with van der Waals surface area (Å²) in [4.78, 5) is 11.8. The van der Waals surface area contributed by atoms with Crippen LogP contribution in [0.25, 0.3) is 11.0 Å². The van der Waals surface area contributed by atoms with Gasteiger partial charge >= 0.3 is 0 Å². The summed E-state index contributed by atoms with van der Waals surface area (Å²) in [5.74, 6) is 6.89. The largest absolute Gasteiger partial charge is 0.476 e. The number of likely N-dealkylation sites (tertiary alicyclic amines) is 1. The molecule has 3 heterocycles. The molecule has 0 bridgehead atoms. The van der Waals surface area contributed by atoms with Crippen LogP contribution in [0.3, 0.4) is 0 Å². The van der Waals surface area contributed by atoms with E-state index >= 15 is 0 Å². The zero-order chi connectivity index (χ0) is 18.5. The summed E-state index contributed by atoms with van der Waals surface area (Å²) in [6.45, 7) is 6.22. The highest BCUT2D eigenvalue weighted by atomic mass is 32.1. The van der Waals surface area contributed by atoms with Gasteiger partial charge in [0, 0.05) is 22.9 Å². The van der Waals surface area contributed by atoms with Gasteiger partial charge in [0.05, 0.1) is 6.61 Å². The van der Waals surface area contributed by atoms with Crippen LogP contribution >= 0.6 is 11.3 Å². The number of thiophene rings is 1. The van der Waals surface area contributed by atoms with Crippen molar-refractivity contribution >= 4 is 22.4 Å². The van der Waals surface area contributed by atoms with E-state index in [0.717, 1.165) is 29.6 Å². The number of aromatic nitrogens is 2. The molecule has 0 aliphatic carbocycles. The van der Waals surface area contributed by atoms with E-state index in [0.29, 0.717) is 18.2 Å². The summed E-state index contributed by atoms with van der Waals surface area (Å²) < 4.78 is 5.98. The second kappa shape index (κ2) is 8.51. The third-order valence-electron chi connectivity index (χ3n) is 4.71. The van der Waals surface area contributed by atoms with Crippen molar-refractivity contribution in [1.29, 1.82) is 0 Å². The van der Waals surface area contributed by atoms with Gasteiger partial charge in [-0.25, -0.2) is 9.97 Å². The summed E-state index contributed by atoms with van der Waals surface area (Å²) in [6, 6.07) is 8.17. The Hall–Kier alpha value is -2.42. The number of rotatable bonds is 5. The number of ether oxygens (including phenoxy) is 1. The van der Waals surface area contributed by atoms with Gasteiger partial charge in [-0.1, -0.05) is 23.6 Å². The molecule has 2 aromatic heterocycles. The maximum absolute atomic E-state index is 5.98. The van der Waals surface area contributed by atoms with Crippen molar-refractivity contribution in [3.8, 4) is 17.7 Å². The minimum Gasteiger partial charge on any atom is -0.476 e. The molecule has 138 valence electrons. The molecule has 0 atom stereocenters. The monoisotopic (exact) mass is 377 g/mol. The Morgan fingerprint density at radius 3 is 2.56 bits per heavy atom. The van der Waals surface area contributed by atoms with E-state index in [1.165, 1.54) is 31.5 Å². The lowest BCUT2D eigenvalue weighted by molar-refractivity contribution is 0.256. The highest BCUT2D eigenvalue weighted by Crippen LogP contribution is 2.21. The van der Waals surface area contributed by atoms with Crippen molar-refractivity contribution in [1.82, 2.24) is 14.9 Å². The zero-order valence-electron chi connectivity index (χ0n) is 15.6. The van der Waals surface area contributed by atoms with Crippen LogP contribution in [-0.4, -0.2) is 41.1 Å². The Morgan fingerprint density at radius 2 is 1.78 bits per heavy atom. The first-order valence-corrected chi connectivity index (χ1v) is 10.4. The van der Waals surface area contributed by atoms with Crippen LogP contribution < -0.4 is 4.74 Å². The van der Waals surface area contributed by atoms with Crippen LogP contribution in [0.2, 0.25) is 0 Å². The van der Waals surface area contributed by atoms with Crippen molar-refractivity contribution in [2.45, 2.75) is 26.2 Å². The first kappa shape index (κ1) is 18.0. The molecule has 4 nitrogen and oxygen atoms in total. The minimum atomic E-state index is 0.543. The molecule has 1 aromatic carbocycles. The Labute approximate surface area is 164 Å². The lowest BCUT2D eigenvalue weighted by atomic mass is 10.1. The zero-order valence-corrected chi connectivity index (χ0v) is 16.4. The molecule has 1 fully saturated rings. The van der Waals surface area contributed by atoms with E-state index in [4.69, 9.17) is 4.74 Å². The fourth-order valence-corrected chi connectivity index (χ4v) is 3.87. The van der Waals surface area contributed by atoms with Crippen LogP contribution in [0, 0.1) is 18.8 Å². The molecule has 1 aliphatic rings. The van der Waals surface area contributed by atoms with E-state index in [1.807, 2.05) is 22.9 Å². The van der Waals surface area contributed by atoms with E-state index in [1.54, 1.807) is 11.3 Å². The van der Waals surface area contributed by atoms with E-state index in [-0.39, 0.29) is 0 Å². The lowest BCUT2D eigenvalue weighted by Crippen LogP contribution is -2.22. The molecule has 1 aliphatic heterocycles. The van der Waals surface area contributed by atoms with Crippen LogP contribution in [0.15, 0.2) is 35.0 Å². The Morgan fingerprint density at radius 1 is 1.04 bits per heavy atom. The quantitative estimate of drug-likeness (QED) is 0.492. The molecule has 0 amide bonds. The summed E-state index contributed by atoms with van der Waals surface area (Å²) in [7, 11) is 0. The molecule has 0 N–H and O–H groups in total. The Bertz CT molecular complexity index is 963. The first-order chi connectivity index (χ1) is 13.3. The van der Waals surface area contributed by atoms with Gasteiger partial charge in [-0.3, -0.25) is 0 Å². The normalized spacial score (nSPS) is 14.3. The Kier molecular flexibility index (Phi) is 5.66. The van der Waals surface area contributed by atoms with Gasteiger partial charge in [0.2, 0.25) is 5.88 Å². The summed E-state index contributed by atoms with van der Waals surface area (Å²) >= 11 is 1.60. The molecule has 0 saturated carbocycles. The molecule has 27 heavy (non-hydrogen) atoms. The third kappa shape index (κ3) is 4.65. The first-order valence-electron chi connectivity index (χ1n) is 9.46. The molecule has 1 saturated heterocycles. The summed E-state index contributed by atoms with van der Waals surface area (Å²) in [6.07, 6.45) is 3.63. The van der Waals surface area contributed by atoms with Crippen LogP contribution in [0.4, 0.5) is 0 Å². The molecule has 4 rings (SSSR count). The Balaban J connectivity index is 1.49. The van der Waals surface area contributed by atoms with Crippen molar-refractivity contribution < 1.29 is 4.74 Å². The second-order valence-corrected chi connectivity index (χ2v) is 7.63. The standard InChI is InChI=1S/C22H23N3OS/c1-17-5-7-18(8-6-17)9-10-19-22(24-21-16-27-15-20(21)23-19)26-14-4-13-25-11-2-3-12-25/h5-8,15-16H,2-4,11-14H2,1H3. The number of nitrogens with zero attached hydrogens (tertiary/aromatic N) is 3. The van der Waals surface area contributed by atoms with Crippen molar-refractivity contribution in [3.63, 3.8) is 0 Å². The van der Waals surface area contributed by atoms with Gasteiger partial charge < -0.3 is 9.64 Å². The molecule has 5 heteroatoms. The van der Waals surface area contributed by atoms with Gasteiger partial charge in [-0.05, 0) is 57.3 Å². The number of benzene rings is 1. The van der Waals surface area contributed by atoms with Crippen LogP contribution in [-0.2, 0) is 0 Å². The minimum absolute atomic E-state index is 0.543. The fourth-order valence-electron chi connectivity index (χ4n) is 3.20. The second-order valence-electron chi connectivity index (χ2n) is 6.89. The maximum Gasteiger partial charge on any atom is 0.249 e. The van der Waals surface area contributed by atoms with Crippen LogP contribution in [0.5, 0.6) is 5.88 Å². The molecule has 0 unspecified atom stereocenters. The van der Waals surface area contributed by atoms with E-state index in [2.05, 4.69) is 45.8 Å². The van der Waals surface area contributed by atoms with Crippen molar-refractivity contribution in [2.24, 2.45) is 0 Å². The smallest absolute Gasteiger partial charge is 0.249 e. The van der Waals surface area contributed by atoms with Crippen molar-refractivity contribution in [2.75, 3.05) is 26.2 Å². The van der Waals surface area contributed by atoms with E-state index in [9.17, 15) is 0 Å². The third-order valence-corrected chi connectivity index (χ3v) is 5.43. The number of fused-ring (bicyclic) bond motifs is 1. The molecular formula is C22H23N3OS. The van der Waals surface area contributed by atoms with Crippen LogP contribution in [0.1, 0.15) is 36.1 Å². The van der Waals surface area contributed by atoms with Gasteiger partial charge in [-0.2, -0.15) is 0 Å². The summed E-state index contributed by atoms with van der Waals surface area (Å²) in [5.41, 5.74) is 4.55. The van der Waals surface area contributed by atoms with Gasteiger partial charge in [0.15, 0.2) is 5.69 Å². The topological polar surface area (TPSA) is 38.3 Å². The van der Waals surface area contributed by atoms with Gasteiger partial charge in [0.25, 0.3) is 0 Å². The lowest BCUT2D eigenvalue weighted by Gasteiger charge is -2.14. The molecule has 0 radical (unpaired) electrons. The predicted molar refractivity (Wildman–Crippen MR) is 110 cm³/mol.